The Morgan fingerprint density at radius 3 is 2.11 bits per heavy atom. The summed E-state index contributed by atoms with van der Waals surface area (Å²) in [5.41, 5.74) is 4.92. The van der Waals surface area contributed by atoms with E-state index in [1.807, 2.05) is 72.8 Å². The lowest BCUT2D eigenvalue weighted by Crippen LogP contribution is -2.43. The minimum atomic E-state index is -1.21. The number of H-pyrrole nitrogens is 1. The molecule has 4 aromatic rings. The first-order chi connectivity index (χ1) is 17.9. The van der Waals surface area contributed by atoms with E-state index in [1.54, 1.807) is 0 Å². The van der Waals surface area contributed by atoms with E-state index in [-0.39, 0.29) is 19.0 Å². The van der Waals surface area contributed by atoms with E-state index in [1.165, 1.54) is 0 Å². The zero-order valence-electron chi connectivity index (χ0n) is 20.0. The number of hydrogen-bond donors (Lipinski definition) is 6. The predicted molar refractivity (Wildman–Crippen MR) is 142 cm³/mol. The van der Waals surface area contributed by atoms with Crippen LogP contribution in [0.5, 0.6) is 0 Å². The number of carboxylic acid groups (broad SMARTS) is 2. The number of carbonyl (C=O) groups is 3. The second-order valence-corrected chi connectivity index (χ2v) is 8.60. The van der Waals surface area contributed by atoms with Crippen LogP contribution in [0.1, 0.15) is 23.3 Å². The van der Waals surface area contributed by atoms with Crippen LogP contribution in [0.4, 0.5) is 9.59 Å². The quantitative estimate of drug-likeness (QED) is 0.171. The van der Waals surface area contributed by atoms with Crippen LogP contribution in [-0.4, -0.2) is 52.4 Å². The maximum atomic E-state index is 13.4. The van der Waals surface area contributed by atoms with Crippen molar-refractivity contribution in [1.29, 1.82) is 0 Å². The van der Waals surface area contributed by atoms with E-state index in [0.29, 0.717) is 18.5 Å². The summed E-state index contributed by atoms with van der Waals surface area (Å²) in [4.78, 5) is 38.5. The highest BCUT2D eigenvalue weighted by Gasteiger charge is 2.21. The van der Waals surface area contributed by atoms with Crippen molar-refractivity contribution in [2.45, 2.75) is 18.9 Å². The molecule has 3 amide bonds. The number of aromatic amines is 1. The first-order valence-electron chi connectivity index (χ1n) is 11.9. The largest absolute Gasteiger partial charge is 0.465 e. The summed E-state index contributed by atoms with van der Waals surface area (Å²) in [7, 11) is 0. The minimum absolute atomic E-state index is 0.0526. The Morgan fingerprint density at radius 1 is 0.784 bits per heavy atom. The normalized spacial score (nSPS) is 11.6. The van der Waals surface area contributed by atoms with Gasteiger partial charge in [0.05, 0.1) is 0 Å². The van der Waals surface area contributed by atoms with Gasteiger partial charge in [-0.1, -0.05) is 66.7 Å². The van der Waals surface area contributed by atoms with E-state index in [2.05, 4.69) is 27.0 Å². The average Bonchev–Trinajstić information content (AvgIpc) is 3.29. The molecule has 9 heteroatoms. The lowest BCUT2D eigenvalue weighted by atomic mass is 9.98. The summed E-state index contributed by atoms with van der Waals surface area (Å²) in [5.74, 6) is -0.364. The standard InChI is InChI=1S/C28H28N4O5/c33-26(30-17-21(31-28(36)37)12-7-15-29-27(34)35)25-24(19-10-5-2-6-11-19)22-16-20(13-14-23(22)32-25)18-8-3-1-4-9-18/h1-6,8-11,13-14,16,21,29,31-32H,7,12,15,17H2,(H,30,33)(H,34,35)(H,36,37)/t21-/m0/s1. The monoisotopic (exact) mass is 500 g/mol. The van der Waals surface area contributed by atoms with Gasteiger partial charge < -0.3 is 31.1 Å². The molecule has 0 aliphatic heterocycles. The maximum absolute atomic E-state index is 13.4. The minimum Gasteiger partial charge on any atom is -0.465 e. The fraction of sp³-hybridized carbons (Fsp3) is 0.179. The van der Waals surface area contributed by atoms with Crippen molar-refractivity contribution in [2.75, 3.05) is 13.1 Å². The number of fused-ring (bicyclic) bond motifs is 1. The van der Waals surface area contributed by atoms with Crippen molar-refractivity contribution in [3.8, 4) is 22.3 Å². The van der Waals surface area contributed by atoms with Gasteiger partial charge in [0.25, 0.3) is 5.91 Å². The molecule has 0 aliphatic carbocycles. The molecule has 3 aromatic carbocycles. The molecule has 37 heavy (non-hydrogen) atoms. The molecule has 6 N–H and O–H groups in total. The van der Waals surface area contributed by atoms with Crippen LogP contribution < -0.4 is 16.0 Å². The topological polar surface area (TPSA) is 144 Å². The van der Waals surface area contributed by atoms with E-state index in [4.69, 9.17) is 5.11 Å². The lowest BCUT2D eigenvalue weighted by molar-refractivity contribution is 0.0944. The van der Waals surface area contributed by atoms with Gasteiger partial charge >= 0.3 is 12.2 Å². The van der Waals surface area contributed by atoms with Gasteiger partial charge in [-0.05, 0) is 41.7 Å². The fourth-order valence-corrected chi connectivity index (χ4v) is 4.33. The average molecular weight is 501 g/mol. The molecule has 0 radical (unpaired) electrons. The van der Waals surface area contributed by atoms with Crippen LogP contribution in [-0.2, 0) is 0 Å². The second kappa shape index (κ2) is 11.8. The fourth-order valence-electron chi connectivity index (χ4n) is 4.33. The molecule has 1 heterocycles. The molecule has 190 valence electrons. The van der Waals surface area contributed by atoms with E-state index in [9.17, 15) is 19.5 Å². The van der Waals surface area contributed by atoms with Crippen molar-refractivity contribution in [1.82, 2.24) is 20.9 Å². The van der Waals surface area contributed by atoms with Crippen molar-refractivity contribution < 1.29 is 24.6 Å². The van der Waals surface area contributed by atoms with Crippen LogP contribution in [0.2, 0.25) is 0 Å². The van der Waals surface area contributed by atoms with Gasteiger partial charge in [-0.25, -0.2) is 9.59 Å². The van der Waals surface area contributed by atoms with Crippen molar-refractivity contribution in [3.63, 3.8) is 0 Å². The number of nitrogens with one attached hydrogen (secondary N) is 4. The summed E-state index contributed by atoms with van der Waals surface area (Å²) in [6.45, 7) is 0.238. The number of aromatic nitrogens is 1. The molecule has 0 saturated heterocycles. The zero-order chi connectivity index (χ0) is 26.2. The van der Waals surface area contributed by atoms with Crippen molar-refractivity contribution >= 4 is 29.0 Å². The van der Waals surface area contributed by atoms with Crippen LogP contribution in [0.3, 0.4) is 0 Å². The van der Waals surface area contributed by atoms with E-state index >= 15 is 0 Å². The Hall–Kier alpha value is -4.79. The van der Waals surface area contributed by atoms with Crippen LogP contribution in [0.25, 0.3) is 33.2 Å². The molecule has 4 rings (SSSR count). The van der Waals surface area contributed by atoms with Gasteiger partial charge in [-0.3, -0.25) is 4.79 Å². The molecule has 0 bridgehead atoms. The number of carbonyl (C=O) groups excluding carboxylic acids is 1. The summed E-state index contributed by atoms with van der Waals surface area (Å²) in [6, 6.07) is 25.0. The summed E-state index contributed by atoms with van der Waals surface area (Å²) < 4.78 is 0. The highest BCUT2D eigenvalue weighted by Crippen LogP contribution is 2.35. The second-order valence-electron chi connectivity index (χ2n) is 8.60. The highest BCUT2D eigenvalue weighted by atomic mass is 16.4. The Morgan fingerprint density at radius 2 is 1.46 bits per heavy atom. The summed E-state index contributed by atoms with van der Waals surface area (Å²) in [6.07, 6.45) is -1.59. The zero-order valence-corrected chi connectivity index (χ0v) is 20.0. The van der Waals surface area contributed by atoms with Crippen molar-refractivity contribution in [3.05, 3.63) is 84.6 Å². The lowest BCUT2D eigenvalue weighted by Gasteiger charge is -2.17. The highest BCUT2D eigenvalue weighted by molar-refractivity contribution is 6.10. The molecule has 0 aliphatic rings. The van der Waals surface area contributed by atoms with E-state index in [0.717, 1.165) is 33.2 Å². The molecule has 0 spiro atoms. The maximum Gasteiger partial charge on any atom is 0.404 e. The molecule has 1 aromatic heterocycles. The predicted octanol–water partition coefficient (Wildman–Crippen LogP) is 4.92. The van der Waals surface area contributed by atoms with Crippen LogP contribution >= 0.6 is 0 Å². The van der Waals surface area contributed by atoms with Gasteiger partial charge in [-0.15, -0.1) is 0 Å². The van der Waals surface area contributed by atoms with Gasteiger partial charge in [0.15, 0.2) is 0 Å². The Balaban J connectivity index is 1.61. The SMILES string of the molecule is O=C(O)NCCC[C@@H](CNC(=O)c1[nH]c2ccc(-c3ccccc3)cc2c1-c1ccccc1)NC(=O)O. The number of amides is 3. The molecule has 0 fully saturated rings. The molecule has 0 unspecified atom stereocenters. The molecule has 0 saturated carbocycles. The summed E-state index contributed by atoms with van der Waals surface area (Å²) >= 11 is 0. The number of benzene rings is 3. The van der Waals surface area contributed by atoms with Gasteiger partial charge in [-0.2, -0.15) is 0 Å². The summed E-state index contributed by atoms with van der Waals surface area (Å²) in [5, 5.41) is 26.3. The molecular weight excluding hydrogens is 472 g/mol. The number of hydrogen-bond acceptors (Lipinski definition) is 3. The first-order valence-corrected chi connectivity index (χ1v) is 11.9. The third-order valence-electron chi connectivity index (χ3n) is 6.04. The Labute approximate surface area is 213 Å². The third kappa shape index (κ3) is 6.46. The molecular formula is C28H28N4O5. The molecule has 1 atom stereocenters. The van der Waals surface area contributed by atoms with Gasteiger partial charge in [0.1, 0.15) is 5.69 Å². The number of rotatable bonds is 10. The van der Waals surface area contributed by atoms with E-state index < -0.39 is 18.2 Å². The Bertz CT molecular complexity index is 1390. The first kappa shape index (κ1) is 25.3. The molecule has 9 nitrogen and oxygen atoms in total. The Kier molecular flexibility index (Phi) is 8.05. The smallest absolute Gasteiger partial charge is 0.404 e. The van der Waals surface area contributed by atoms with Crippen molar-refractivity contribution in [2.24, 2.45) is 0 Å². The van der Waals surface area contributed by atoms with Gasteiger partial charge in [0.2, 0.25) is 0 Å². The van der Waals surface area contributed by atoms with Crippen LogP contribution in [0, 0.1) is 0 Å². The third-order valence-corrected chi connectivity index (χ3v) is 6.04. The van der Waals surface area contributed by atoms with Crippen LogP contribution in [0.15, 0.2) is 78.9 Å². The van der Waals surface area contributed by atoms with Gasteiger partial charge in [0, 0.05) is 35.6 Å².